The summed E-state index contributed by atoms with van der Waals surface area (Å²) in [5.74, 6) is 0.630. The van der Waals surface area contributed by atoms with Crippen molar-refractivity contribution in [2.45, 2.75) is 25.3 Å². The highest BCUT2D eigenvalue weighted by atomic mass is 15.5. The van der Waals surface area contributed by atoms with Crippen molar-refractivity contribution in [2.24, 2.45) is 0 Å². The normalized spacial score (nSPS) is 16.7. The third-order valence-corrected chi connectivity index (χ3v) is 4.49. The fourth-order valence-corrected chi connectivity index (χ4v) is 3.19. The van der Waals surface area contributed by atoms with Crippen LogP contribution in [0.5, 0.6) is 0 Å². The lowest BCUT2D eigenvalue weighted by Gasteiger charge is -2.30. The van der Waals surface area contributed by atoms with Gasteiger partial charge < -0.3 is 0 Å². The summed E-state index contributed by atoms with van der Waals surface area (Å²) >= 11 is 0. The lowest BCUT2D eigenvalue weighted by Crippen LogP contribution is -2.32. The van der Waals surface area contributed by atoms with Crippen molar-refractivity contribution in [1.82, 2.24) is 30.1 Å². The van der Waals surface area contributed by atoms with Crippen LogP contribution in [0.15, 0.2) is 48.9 Å². The lowest BCUT2D eigenvalue weighted by atomic mass is 9.91. The maximum absolute atomic E-state index is 4.59. The van der Waals surface area contributed by atoms with Crippen LogP contribution >= 0.6 is 0 Å². The number of hydrogen-bond acceptors (Lipinski definition) is 4. The lowest BCUT2D eigenvalue weighted by molar-refractivity contribution is 0.202. The van der Waals surface area contributed by atoms with E-state index in [2.05, 4.69) is 25.3 Å². The Morgan fingerprint density at radius 1 is 1.09 bits per heavy atom. The quantitative estimate of drug-likeness (QED) is 0.804. The van der Waals surface area contributed by atoms with Crippen molar-refractivity contribution in [1.29, 1.82) is 0 Å². The fraction of sp³-hybridized carbons (Fsp3) is 0.353. The van der Waals surface area contributed by atoms with Crippen molar-refractivity contribution in [3.8, 4) is 5.69 Å². The Kier molecular flexibility index (Phi) is 3.90. The third kappa shape index (κ3) is 3.17. The number of H-pyrrole nitrogens is 1. The summed E-state index contributed by atoms with van der Waals surface area (Å²) in [5.41, 5.74) is 3.35. The number of hydrogen-bond donors (Lipinski definition) is 1. The molecule has 3 aromatic rings. The molecule has 0 saturated carbocycles. The van der Waals surface area contributed by atoms with E-state index in [1.54, 1.807) is 4.80 Å². The summed E-state index contributed by atoms with van der Waals surface area (Å²) in [6.07, 6.45) is 8.19. The molecule has 4 rings (SSSR count). The number of nitrogens with zero attached hydrogens (tertiary/aromatic N) is 5. The molecule has 0 spiro atoms. The van der Waals surface area contributed by atoms with Crippen molar-refractivity contribution in [3.63, 3.8) is 0 Å². The molecule has 0 unspecified atom stereocenters. The summed E-state index contributed by atoms with van der Waals surface area (Å²) < 4.78 is 0. The Bertz CT molecular complexity index is 726. The van der Waals surface area contributed by atoms with Crippen LogP contribution in [0.1, 0.15) is 30.0 Å². The van der Waals surface area contributed by atoms with E-state index >= 15 is 0 Å². The average Bonchev–Trinajstić information content (AvgIpc) is 3.28. The maximum Gasteiger partial charge on any atom is 0.0971 e. The van der Waals surface area contributed by atoms with Gasteiger partial charge in [0.1, 0.15) is 0 Å². The highest BCUT2D eigenvalue weighted by Crippen LogP contribution is 2.27. The number of piperidine rings is 1. The Labute approximate surface area is 135 Å². The Morgan fingerprint density at radius 2 is 1.91 bits per heavy atom. The summed E-state index contributed by atoms with van der Waals surface area (Å²) in [6.45, 7) is 3.05. The summed E-state index contributed by atoms with van der Waals surface area (Å²) in [6, 6.07) is 10.0. The van der Waals surface area contributed by atoms with Crippen molar-refractivity contribution in [3.05, 3.63) is 60.2 Å². The minimum atomic E-state index is 0.630. The molecule has 0 amide bonds. The monoisotopic (exact) mass is 308 g/mol. The number of nitrogens with one attached hydrogen (secondary N) is 1. The molecule has 1 N–H and O–H groups in total. The van der Waals surface area contributed by atoms with Gasteiger partial charge in [-0.1, -0.05) is 18.2 Å². The molecule has 6 heteroatoms. The van der Waals surface area contributed by atoms with Crippen LogP contribution in [0.3, 0.4) is 0 Å². The Morgan fingerprint density at radius 3 is 2.65 bits per heavy atom. The van der Waals surface area contributed by atoms with Crippen LogP contribution in [-0.4, -0.2) is 43.2 Å². The maximum atomic E-state index is 4.59. The van der Waals surface area contributed by atoms with E-state index in [9.17, 15) is 0 Å². The fourth-order valence-electron chi connectivity index (χ4n) is 3.19. The van der Waals surface area contributed by atoms with Gasteiger partial charge in [0, 0.05) is 12.7 Å². The van der Waals surface area contributed by atoms with E-state index in [4.69, 9.17) is 0 Å². The van der Waals surface area contributed by atoms with E-state index in [0.29, 0.717) is 5.92 Å². The molecule has 3 heterocycles. The van der Waals surface area contributed by atoms with Crippen LogP contribution in [0, 0.1) is 0 Å². The molecule has 0 bridgehead atoms. The van der Waals surface area contributed by atoms with Gasteiger partial charge >= 0.3 is 0 Å². The second-order valence-corrected chi connectivity index (χ2v) is 6.04. The Balaban J connectivity index is 1.36. The van der Waals surface area contributed by atoms with Gasteiger partial charge in [0.2, 0.25) is 0 Å². The number of aromatic nitrogens is 5. The number of likely N-dealkylation sites (tertiary alicyclic amines) is 1. The molecule has 6 nitrogen and oxygen atoms in total. The average molecular weight is 308 g/mol. The zero-order valence-electron chi connectivity index (χ0n) is 13.0. The zero-order chi connectivity index (χ0) is 15.5. The summed E-state index contributed by atoms with van der Waals surface area (Å²) in [7, 11) is 0. The van der Waals surface area contributed by atoms with Crippen LogP contribution in [0.2, 0.25) is 0 Å². The predicted octanol–water partition coefficient (Wildman–Crippen LogP) is 2.37. The zero-order valence-corrected chi connectivity index (χ0v) is 13.0. The number of rotatable bonds is 4. The van der Waals surface area contributed by atoms with Gasteiger partial charge in [-0.05, 0) is 49.5 Å². The van der Waals surface area contributed by atoms with Gasteiger partial charge in [0.25, 0.3) is 0 Å². The summed E-state index contributed by atoms with van der Waals surface area (Å²) in [5, 5.41) is 15.9. The van der Waals surface area contributed by atoms with Crippen molar-refractivity contribution in [2.75, 3.05) is 13.1 Å². The van der Waals surface area contributed by atoms with Crippen LogP contribution in [0.4, 0.5) is 0 Å². The molecule has 23 heavy (non-hydrogen) atoms. The summed E-state index contributed by atoms with van der Waals surface area (Å²) in [4.78, 5) is 4.16. The third-order valence-electron chi connectivity index (χ3n) is 4.49. The second kappa shape index (κ2) is 6.34. The van der Waals surface area contributed by atoms with Gasteiger partial charge in [-0.15, -0.1) is 0 Å². The van der Waals surface area contributed by atoms with E-state index in [1.807, 2.05) is 48.9 Å². The standard InChI is InChI=1S/C17H20N6/c1-2-4-17(5-3-1)23-20-12-16(21-23)13-22-8-6-14(7-9-22)15-10-18-19-11-15/h1-5,10-12,14H,6-9,13H2,(H,18,19). The molecule has 2 aromatic heterocycles. The molecular formula is C17H20N6. The smallest absolute Gasteiger partial charge is 0.0971 e. The first-order chi connectivity index (χ1) is 11.4. The Hall–Kier alpha value is -2.47. The van der Waals surface area contributed by atoms with Crippen LogP contribution in [0.25, 0.3) is 5.69 Å². The molecule has 1 aliphatic heterocycles. The van der Waals surface area contributed by atoms with Crippen molar-refractivity contribution < 1.29 is 0 Å². The molecular weight excluding hydrogens is 288 g/mol. The highest BCUT2D eigenvalue weighted by molar-refractivity contribution is 5.28. The minimum Gasteiger partial charge on any atom is -0.297 e. The first-order valence-electron chi connectivity index (χ1n) is 8.06. The van der Waals surface area contributed by atoms with Crippen molar-refractivity contribution >= 4 is 0 Å². The molecule has 1 fully saturated rings. The van der Waals surface area contributed by atoms with E-state index in [-0.39, 0.29) is 0 Å². The second-order valence-electron chi connectivity index (χ2n) is 6.04. The van der Waals surface area contributed by atoms with Crippen LogP contribution in [-0.2, 0) is 6.54 Å². The number of benzene rings is 1. The minimum absolute atomic E-state index is 0.630. The van der Waals surface area contributed by atoms with Gasteiger partial charge in [0.05, 0.1) is 23.8 Å². The van der Waals surface area contributed by atoms with Gasteiger partial charge in [-0.25, -0.2) is 0 Å². The van der Waals surface area contributed by atoms with Crippen LogP contribution < -0.4 is 0 Å². The molecule has 118 valence electrons. The van der Waals surface area contributed by atoms with E-state index < -0.39 is 0 Å². The molecule has 0 radical (unpaired) electrons. The number of aromatic amines is 1. The van der Waals surface area contributed by atoms with Gasteiger partial charge in [0.15, 0.2) is 0 Å². The highest BCUT2D eigenvalue weighted by Gasteiger charge is 2.21. The largest absolute Gasteiger partial charge is 0.297 e. The molecule has 1 saturated heterocycles. The molecule has 0 aliphatic carbocycles. The molecule has 1 aliphatic rings. The first-order valence-corrected chi connectivity index (χ1v) is 8.06. The van der Waals surface area contributed by atoms with E-state index in [0.717, 1.165) is 31.0 Å². The topological polar surface area (TPSA) is 62.6 Å². The van der Waals surface area contributed by atoms with E-state index in [1.165, 1.54) is 18.4 Å². The van der Waals surface area contributed by atoms with Gasteiger partial charge in [-0.2, -0.15) is 20.1 Å². The SMILES string of the molecule is c1ccc(-n2ncc(CN3CCC(c4cn[nH]c4)CC3)n2)cc1. The predicted molar refractivity (Wildman–Crippen MR) is 87.2 cm³/mol. The number of para-hydroxylation sites is 1. The molecule has 1 aromatic carbocycles. The van der Waals surface area contributed by atoms with Gasteiger partial charge in [-0.3, -0.25) is 10.00 Å². The molecule has 0 atom stereocenters. The first kappa shape index (κ1) is 14.1.